The molecular formula is C29H29ClFNO6. The van der Waals surface area contributed by atoms with E-state index >= 15 is 0 Å². The van der Waals surface area contributed by atoms with Gasteiger partial charge in [-0.1, -0.05) is 29.8 Å². The fourth-order valence-electron chi connectivity index (χ4n) is 4.70. The van der Waals surface area contributed by atoms with Crippen molar-refractivity contribution in [3.63, 3.8) is 0 Å². The summed E-state index contributed by atoms with van der Waals surface area (Å²) in [4.78, 5) is 26.4. The number of halogens is 2. The van der Waals surface area contributed by atoms with Crippen molar-refractivity contribution in [2.45, 2.75) is 31.8 Å². The molecule has 0 saturated heterocycles. The lowest BCUT2D eigenvalue weighted by atomic mass is 9.91. The SMILES string of the molecule is COc1ccc(CCN(CC(=O)O)C(=O)c2cc3c(c(OC)c2)OC(C)(Cc2ccc(Cl)c(F)c2)C3)cc1. The molecule has 1 aliphatic rings. The molecule has 0 spiro atoms. The number of carbonyl (C=O) groups excluding carboxylic acids is 1. The van der Waals surface area contributed by atoms with E-state index in [1.807, 2.05) is 31.2 Å². The van der Waals surface area contributed by atoms with E-state index in [1.165, 1.54) is 24.1 Å². The molecule has 0 fully saturated rings. The molecule has 0 saturated carbocycles. The number of nitrogens with zero attached hydrogens (tertiary/aromatic N) is 1. The van der Waals surface area contributed by atoms with E-state index in [9.17, 15) is 19.1 Å². The summed E-state index contributed by atoms with van der Waals surface area (Å²) in [6.45, 7) is 1.68. The van der Waals surface area contributed by atoms with Crippen LogP contribution in [0.15, 0.2) is 54.6 Å². The molecule has 1 heterocycles. The topological polar surface area (TPSA) is 85.3 Å². The van der Waals surface area contributed by atoms with Crippen molar-refractivity contribution in [2.24, 2.45) is 0 Å². The summed E-state index contributed by atoms with van der Waals surface area (Å²) in [5, 5.41) is 9.51. The molecule has 1 amide bonds. The number of rotatable bonds is 10. The quantitative estimate of drug-likeness (QED) is 0.380. The fourth-order valence-corrected chi connectivity index (χ4v) is 4.82. The number of carboxylic acid groups (broad SMARTS) is 1. The number of ether oxygens (including phenoxy) is 3. The highest BCUT2D eigenvalue weighted by Crippen LogP contribution is 2.44. The molecule has 200 valence electrons. The summed E-state index contributed by atoms with van der Waals surface area (Å²) in [5.41, 5.74) is 2.04. The van der Waals surface area contributed by atoms with Gasteiger partial charge in [0.25, 0.3) is 5.91 Å². The van der Waals surface area contributed by atoms with Crippen molar-refractivity contribution < 1.29 is 33.3 Å². The second-order valence-corrected chi connectivity index (χ2v) is 9.95. The minimum Gasteiger partial charge on any atom is -0.497 e. The molecule has 9 heteroatoms. The van der Waals surface area contributed by atoms with Gasteiger partial charge in [-0.05, 0) is 60.9 Å². The maximum absolute atomic E-state index is 14.0. The van der Waals surface area contributed by atoms with Gasteiger partial charge in [0.05, 0.1) is 19.2 Å². The van der Waals surface area contributed by atoms with Crippen molar-refractivity contribution in [1.29, 1.82) is 0 Å². The maximum Gasteiger partial charge on any atom is 0.323 e. The molecule has 4 rings (SSSR count). The van der Waals surface area contributed by atoms with E-state index in [0.717, 1.165) is 16.7 Å². The van der Waals surface area contributed by atoms with Gasteiger partial charge in [-0.3, -0.25) is 9.59 Å². The maximum atomic E-state index is 14.0. The first kappa shape index (κ1) is 27.3. The van der Waals surface area contributed by atoms with Crippen LogP contribution in [0.4, 0.5) is 4.39 Å². The molecule has 0 bridgehead atoms. The number of aliphatic carboxylic acids is 1. The van der Waals surface area contributed by atoms with Crippen molar-refractivity contribution >= 4 is 23.5 Å². The summed E-state index contributed by atoms with van der Waals surface area (Å²) < 4.78 is 31.0. The first-order valence-corrected chi connectivity index (χ1v) is 12.5. The Morgan fingerprint density at radius 1 is 1.08 bits per heavy atom. The molecule has 0 aromatic heterocycles. The van der Waals surface area contributed by atoms with Gasteiger partial charge < -0.3 is 24.2 Å². The van der Waals surface area contributed by atoms with Crippen LogP contribution >= 0.6 is 11.6 Å². The van der Waals surface area contributed by atoms with Crippen LogP contribution < -0.4 is 14.2 Å². The number of fused-ring (bicyclic) bond motifs is 1. The Morgan fingerprint density at radius 2 is 1.79 bits per heavy atom. The zero-order valence-corrected chi connectivity index (χ0v) is 22.2. The van der Waals surface area contributed by atoms with Crippen molar-refractivity contribution in [3.05, 3.63) is 87.7 Å². The second-order valence-electron chi connectivity index (χ2n) is 9.54. The number of carboxylic acids is 1. The van der Waals surface area contributed by atoms with E-state index < -0.39 is 29.8 Å². The lowest BCUT2D eigenvalue weighted by molar-refractivity contribution is -0.137. The summed E-state index contributed by atoms with van der Waals surface area (Å²) >= 11 is 5.82. The predicted molar refractivity (Wildman–Crippen MR) is 141 cm³/mol. The first-order chi connectivity index (χ1) is 18.1. The average molecular weight is 542 g/mol. The number of benzene rings is 3. The zero-order chi connectivity index (χ0) is 27.4. The number of hydrogen-bond acceptors (Lipinski definition) is 5. The van der Waals surface area contributed by atoms with Crippen LogP contribution in [0.2, 0.25) is 5.02 Å². The lowest BCUT2D eigenvalue weighted by Crippen LogP contribution is -2.37. The van der Waals surface area contributed by atoms with Crippen LogP contribution in [0, 0.1) is 5.82 Å². The van der Waals surface area contributed by atoms with E-state index in [0.29, 0.717) is 42.1 Å². The van der Waals surface area contributed by atoms with Gasteiger partial charge in [-0.2, -0.15) is 0 Å². The van der Waals surface area contributed by atoms with Gasteiger partial charge >= 0.3 is 5.97 Å². The smallest absolute Gasteiger partial charge is 0.323 e. The molecule has 1 atom stereocenters. The molecule has 1 unspecified atom stereocenters. The molecule has 0 radical (unpaired) electrons. The summed E-state index contributed by atoms with van der Waals surface area (Å²) in [7, 11) is 3.06. The van der Waals surface area contributed by atoms with Gasteiger partial charge in [0, 0.05) is 30.5 Å². The first-order valence-electron chi connectivity index (χ1n) is 12.1. The summed E-state index contributed by atoms with van der Waals surface area (Å²) in [5.74, 6) is -0.413. The monoisotopic (exact) mass is 541 g/mol. The molecule has 38 heavy (non-hydrogen) atoms. The highest BCUT2D eigenvalue weighted by molar-refractivity contribution is 6.30. The highest BCUT2D eigenvalue weighted by Gasteiger charge is 2.38. The Balaban J connectivity index is 1.55. The van der Waals surface area contributed by atoms with Gasteiger partial charge in [0.1, 0.15) is 23.7 Å². The van der Waals surface area contributed by atoms with Gasteiger partial charge in [0.2, 0.25) is 0 Å². The minimum atomic E-state index is -1.10. The Hall–Kier alpha value is -3.78. The summed E-state index contributed by atoms with van der Waals surface area (Å²) in [6.07, 6.45) is 1.34. The predicted octanol–water partition coefficient (Wildman–Crippen LogP) is 5.20. The lowest BCUT2D eigenvalue weighted by Gasteiger charge is -2.24. The second kappa shape index (κ2) is 11.3. The normalized spacial score (nSPS) is 15.9. The molecule has 1 N–H and O–H groups in total. The number of methoxy groups -OCH3 is 2. The third kappa shape index (κ3) is 6.19. The van der Waals surface area contributed by atoms with E-state index in [2.05, 4.69) is 0 Å². The van der Waals surface area contributed by atoms with Crippen LogP contribution in [-0.4, -0.2) is 54.8 Å². The molecule has 1 aliphatic heterocycles. The van der Waals surface area contributed by atoms with Crippen molar-refractivity contribution in [1.82, 2.24) is 4.90 Å². The van der Waals surface area contributed by atoms with Crippen LogP contribution in [0.5, 0.6) is 17.2 Å². The Labute approximate surface area is 225 Å². The van der Waals surface area contributed by atoms with Crippen molar-refractivity contribution in [2.75, 3.05) is 27.3 Å². The third-order valence-corrected chi connectivity index (χ3v) is 6.82. The van der Waals surface area contributed by atoms with Crippen LogP contribution in [-0.2, 0) is 24.1 Å². The third-order valence-electron chi connectivity index (χ3n) is 6.52. The largest absolute Gasteiger partial charge is 0.497 e. The fraction of sp³-hybridized carbons (Fsp3) is 0.310. The molecule has 3 aromatic rings. The Kier molecular flexibility index (Phi) is 8.11. The van der Waals surface area contributed by atoms with Gasteiger partial charge in [-0.25, -0.2) is 4.39 Å². The molecular weight excluding hydrogens is 513 g/mol. The molecule has 3 aromatic carbocycles. The van der Waals surface area contributed by atoms with Crippen LogP contribution in [0.25, 0.3) is 0 Å². The average Bonchev–Trinajstić information content (AvgIpc) is 3.23. The number of amides is 1. The summed E-state index contributed by atoms with van der Waals surface area (Å²) in [6, 6.07) is 15.3. The number of hydrogen-bond donors (Lipinski definition) is 1. The molecule has 0 aliphatic carbocycles. The van der Waals surface area contributed by atoms with E-state index in [4.69, 9.17) is 25.8 Å². The van der Waals surface area contributed by atoms with E-state index in [1.54, 1.807) is 25.3 Å². The zero-order valence-electron chi connectivity index (χ0n) is 21.4. The minimum absolute atomic E-state index is 0.0530. The molecule has 7 nitrogen and oxygen atoms in total. The standard InChI is InChI=1S/C29H29ClFNO6/c1-29(15-19-6-9-23(30)24(31)12-19)16-21-13-20(14-25(37-3)27(21)38-29)28(35)32(17-26(33)34)11-10-18-4-7-22(36-2)8-5-18/h4-9,12-14H,10-11,15-17H2,1-3H3,(H,33,34). The van der Waals surface area contributed by atoms with Crippen LogP contribution in [0.3, 0.4) is 0 Å². The van der Waals surface area contributed by atoms with Crippen molar-refractivity contribution in [3.8, 4) is 17.2 Å². The van der Waals surface area contributed by atoms with Gasteiger partial charge in [0.15, 0.2) is 11.5 Å². The Bertz CT molecular complexity index is 1350. The Morgan fingerprint density at radius 3 is 2.42 bits per heavy atom. The number of carbonyl (C=O) groups is 2. The van der Waals surface area contributed by atoms with Gasteiger partial charge in [-0.15, -0.1) is 0 Å². The highest BCUT2D eigenvalue weighted by atomic mass is 35.5. The van der Waals surface area contributed by atoms with Crippen LogP contribution in [0.1, 0.15) is 34.0 Å². The van der Waals surface area contributed by atoms with E-state index in [-0.39, 0.29) is 11.6 Å².